The Morgan fingerprint density at radius 1 is 1.41 bits per heavy atom. The van der Waals surface area contributed by atoms with E-state index >= 15 is 0 Å². The van der Waals surface area contributed by atoms with Crippen molar-refractivity contribution >= 4 is 5.91 Å². The van der Waals surface area contributed by atoms with E-state index in [2.05, 4.69) is 5.32 Å². The molecule has 1 aromatic carbocycles. The maximum Gasteiger partial charge on any atom is 0.236 e. The van der Waals surface area contributed by atoms with Crippen molar-refractivity contribution in [3.05, 3.63) is 35.6 Å². The van der Waals surface area contributed by atoms with Crippen LogP contribution >= 0.6 is 0 Å². The maximum atomic E-state index is 13.3. The van der Waals surface area contributed by atoms with Gasteiger partial charge in [0.2, 0.25) is 5.91 Å². The molecule has 3 nitrogen and oxygen atoms in total. The third kappa shape index (κ3) is 4.15. The van der Waals surface area contributed by atoms with Crippen molar-refractivity contribution in [2.24, 2.45) is 0 Å². The van der Waals surface area contributed by atoms with Crippen molar-refractivity contribution in [2.75, 3.05) is 13.6 Å². The molecule has 0 bridgehead atoms. The third-order valence-corrected chi connectivity index (χ3v) is 2.72. The largest absolute Gasteiger partial charge is 0.342 e. The van der Waals surface area contributed by atoms with E-state index in [0.717, 1.165) is 0 Å². The second-order valence-corrected chi connectivity index (χ2v) is 4.29. The van der Waals surface area contributed by atoms with Crippen LogP contribution in [0.5, 0.6) is 0 Å². The molecule has 1 rings (SSSR count). The number of amides is 1. The second-order valence-electron chi connectivity index (χ2n) is 4.29. The van der Waals surface area contributed by atoms with E-state index in [4.69, 9.17) is 0 Å². The van der Waals surface area contributed by atoms with Crippen LogP contribution in [0.1, 0.15) is 19.4 Å². The summed E-state index contributed by atoms with van der Waals surface area (Å²) in [5.41, 5.74) is 0.576. The van der Waals surface area contributed by atoms with E-state index < -0.39 is 0 Å². The summed E-state index contributed by atoms with van der Waals surface area (Å²) in [5.74, 6) is -0.235. The topological polar surface area (TPSA) is 32.3 Å². The van der Waals surface area contributed by atoms with Gasteiger partial charge in [-0.3, -0.25) is 4.79 Å². The molecule has 0 saturated carbocycles. The number of carbonyl (C=O) groups excluding carboxylic acids is 1. The van der Waals surface area contributed by atoms with Crippen molar-refractivity contribution in [3.8, 4) is 0 Å². The van der Waals surface area contributed by atoms with Crippen LogP contribution in [0.25, 0.3) is 0 Å². The van der Waals surface area contributed by atoms with E-state index in [1.807, 2.05) is 13.8 Å². The first-order valence-corrected chi connectivity index (χ1v) is 5.72. The Morgan fingerprint density at radius 2 is 2.06 bits per heavy atom. The fraction of sp³-hybridized carbons (Fsp3) is 0.462. The van der Waals surface area contributed by atoms with Crippen molar-refractivity contribution in [3.63, 3.8) is 0 Å². The first-order chi connectivity index (χ1) is 8.02. The molecule has 94 valence electrons. The van der Waals surface area contributed by atoms with Gasteiger partial charge in [0.1, 0.15) is 5.82 Å². The molecule has 0 atom stereocenters. The quantitative estimate of drug-likeness (QED) is 0.848. The average molecular weight is 238 g/mol. The summed E-state index contributed by atoms with van der Waals surface area (Å²) >= 11 is 0. The van der Waals surface area contributed by atoms with E-state index in [1.54, 1.807) is 30.1 Å². The number of nitrogens with one attached hydrogen (secondary N) is 1. The normalized spacial score (nSPS) is 10.6. The van der Waals surface area contributed by atoms with E-state index in [1.165, 1.54) is 6.07 Å². The number of rotatable bonds is 5. The van der Waals surface area contributed by atoms with Gasteiger partial charge < -0.3 is 10.2 Å². The number of carbonyl (C=O) groups is 1. The smallest absolute Gasteiger partial charge is 0.236 e. The molecule has 0 aliphatic rings. The molecule has 0 spiro atoms. The van der Waals surface area contributed by atoms with Gasteiger partial charge in [0.05, 0.1) is 6.54 Å². The molecule has 0 heterocycles. The highest BCUT2D eigenvalue weighted by molar-refractivity contribution is 5.78. The van der Waals surface area contributed by atoms with Gasteiger partial charge in [-0.25, -0.2) is 4.39 Å². The summed E-state index contributed by atoms with van der Waals surface area (Å²) < 4.78 is 13.3. The number of halogens is 1. The minimum absolute atomic E-state index is 0.0105. The highest BCUT2D eigenvalue weighted by Gasteiger charge is 2.11. The SMILES string of the molecule is CC(C)N(C)C(=O)CNCc1ccccc1F. The Bertz CT molecular complexity index is 379. The first kappa shape index (κ1) is 13.6. The van der Waals surface area contributed by atoms with Crippen molar-refractivity contribution in [1.29, 1.82) is 0 Å². The van der Waals surface area contributed by atoms with Crippen LogP contribution in [-0.2, 0) is 11.3 Å². The fourth-order valence-electron chi connectivity index (χ4n) is 1.36. The summed E-state index contributed by atoms with van der Waals surface area (Å²) in [5, 5.41) is 2.95. The summed E-state index contributed by atoms with van der Waals surface area (Å²) in [7, 11) is 1.76. The predicted molar refractivity (Wildman–Crippen MR) is 66.0 cm³/mol. The monoisotopic (exact) mass is 238 g/mol. The van der Waals surface area contributed by atoms with Crippen LogP contribution in [-0.4, -0.2) is 30.4 Å². The Labute approximate surface area is 102 Å². The molecule has 0 radical (unpaired) electrons. The molecule has 1 N–H and O–H groups in total. The lowest BCUT2D eigenvalue weighted by atomic mass is 10.2. The Balaban J connectivity index is 2.38. The molecule has 1 amide bonds. The Hall–Kier alpha value is -1.42. The highest BCUT2D eigenvalue weighted by Crippen LogP contribution is 2.05. The van der Waals surface area contributed by atoms with Gasteiger partial charge in [0.15, 0.2) is 0 Å². The number of hydrogen-bond acceptors (Lipinski definition) is 2. The molecular weight excluding hydrogens is 219 g/mol. The zero-order chi connectivity index (χ0) is 12.8. The van der Waals surface area contributed by atoms with E-state index in [-0.39, 0.29) is 24.3 Å². The molecule has 17 heavy (non-hydrogen) atoms. The summed E-state index contributed by atoms with van der Waals surface area (Å²) in [6.07, 6.45) is 0. The molecule has 1 aromatic rings. The van der Waals surface area contributed by atoms with Gasteiger partial charge >= 0.3 is 0 Å². The van der Waals surface area contributed by atoms with Crippen molar-refractivity contribution in [1.82, 2.24) is 10.2 Å². The van der Waals surface area contributed by atoms with Crippen molar-refractivity contribution < 1.29 is 9.18 Å². The molecular formula is C13H19FN2O. The minimum Gasteiger partial charge on any atom is -0.342 e. The zero-order valence-corrected chi connectivity index (χ0v) is 10.5. The summed E-state index contributed by atoms with van der Waals surface area (Å²) in [4.78, 5) is 13.3. The molecule has 0 saturated heterocycles. The summed E-state index contributed by atoms with van der Waals surface area (Å²) in [6, 6.07) is 6.73. The Kier molecular flexibility index (Phi) is 5.10. The van der Waals surface area contributed by atoms with Crippen LogP contribution in [0.3, 0.4) is 0 Å². The second kappa shape index (κ2) is 6.35. The van der Waals surface area contributed by atoms with Crippen LogP contribution in [0.2, 0.25) is 0 Å². The highest BCUT2D eigenvalue weighted by atomic mass is 19.1. The summed E-state index contributed by atoms with van der Waals surface area (Å²) in [6.45, 7) is 4.50. The van der Waals surface area contributed by atoms with E-state index in [9.17, 15) is 9.18 Å². The molecule has 4 heteroatoms. The van der Waals surface area contributed by atoms with Gasteiger partial charge in [-0.1, -0.05) is 18.2 Å². The molecule has 0 aliphatic carbocycles. The van der Waals surface area contributed by atoms with Gasteiger partial charge in [-0.2, -0.15) is 0 Å². The number of nitrogens with zero attached hydrogens (tertiary/aromatic N) is 1. The fourth-order valence-corrected chi connectivity index (χ4v) is 1.36. The molecule has 0 aromatic heterocycles. The number of benzene rings is 1. The zero-order valence-electron chi connectivity index (χ0n) is 10.5. The molecule has 0 unspecified atom stereocenters. The average Bonchev–Trinajstić information content (AvgIpc) is 2.30. The predicted octanol–water partition coefficient (Wildman–Crippen LogP) is 1.78. The van der Waals surface area contributed by atoms with E-state index in [0.29, 0.717) is 12.1 Å². The van der Waals surface area contributed by atoms with Crippen molar-refractivity contribution in [2.45, 2.75) is 26.4 Å². The number of likely N-dealkylation sites (N-methyl/N-ethyl adjacent to an activating group) is 1. The van der Waals surface area contributed by atoms with Crippen LogP contribution in [0.4, 0.5) is 4.39 Å². The van der Waals surface area contributed by atoms with Crippen LogP contribution < -0.4 is 5.32 Å². The third-order valence-electron chi connectivity index (χ3n) is 2.72. The van der Waals surface area contributed by atoms with Crippen LogP contribution in [0.15, 0.2) is 24.3 Å². The molecule has 0 fully saturated rings. The van der Waals surface area contributed by atoms with Gasteiger partial charge in [0.25, 0.3) is 0 Å². The molecule has 0 aliphatic heterocycles. The van der Waals surface area contributed by atoms with Crippen LogP contribution in [0, 0.1) is 5.82 Å². The van der Waals surface area contributed by atoms with Gasteiger partial charge in [-0.15, -0.1) is 0 Å². The lowest BCUT2D eigenvalue weighted by molar-refractivity contribution is -0.130. The maximum absolute atomic E-state index is 13.3. The minimum atomic E-state index is -0.246. The standard InChI is InChI=1S/C13H19FN2O/c1-10(2)16(3)13(17)9-15-8-11-6-4-5-7-12(11)14/h4-7,10,15H,8-9H2,1-3H3. The number of hydrogen-bond donors (Lipinski definition) is 1. The Morgan fingerprint density at radius 3 is 2.65 bits per heavy atom. The van der Waals surface area contributed by atoms with Gasteiger partial charge in [-0.05, 0) is 19.9 Å². The van der Waals surface area contributed by atoms with Gasteiger partial charge in [0, 0.05) is 25.2 Å². The lowest BCUT2D eigenvalue weighted by Gasteiger charge is -2.21. The first-order valence-electron chi connectivity index (χ1n) is 5.72. The lowest BCUT2D eigenvalue weighted by Crippen LogP contribution is -2.39.